The van der Waals surface area contributed by atoms with Gasteiger partial charge in [-0.2, -0.15) is 0 Å². The molecule has 3 aromatic rings. The van der Waals surface area contributed by atoms with E-state index in [2.05, 4.69) is 26.2 Å². The van der Waals surface area contributed by atoms with E-state index in [0.717, 1.165) is 15.6 Å². The first kappa shape index (κ1) is 24.0. The lowest BCUT2D eigenvalue weighted by atomic mass is 10.1. The van der Waals surface area contributed by atoms with Gasteiger partial charge in [-0.1, -0.05) is 45.7 Å². The van der Waals surface area contributed by atoms with Crippen LogP contribution in [-0.4, -0.2) is 39.8 Å². The number of benzene rings is 1. The van der Waals surface area contributed by atoms with Gasteiger partial charge in [0.2, 0.25) is 0 Å². The fourth-order valence-corrected chi connectivity index (χ4v) is 4.45. The number of rotatable bonds is 7. The van der Waals surface area contributed by atoms with Crippen molar-refractivity contribution in [2.24, 2.45) is 0 Å². The Bertz CT molecular complexity index is 1260. The lowest BCUT2D eigenvalue weighted by molar-refractivity contribution is 0.0691. The molecule has 1 aromatic carbocycles. The topological polar surface area (TPSA) is 105 Å². The minimum Gasteiger partial charge on any atom is -0.476 e. The van der Waals surface area contributed by atoms with Crippen LogP contribution in [0.3, 0.4) is 0 Å². The molecule has 2 aromatic heterocycles. The number of carboxylic acid groups (broad SMARTS) is 1. The first-order valence-electron chi connectivity index (χ1n) is 10.6. The molecule has 4 rings (SSSR count). The first-order chi connectivity index (χ1) is 16.2. The van der Waals surface area contributed by atoms with Crippen LogP contribution in [0.25, 0.3) is 0 Å². The van der Waals surface area contributed by atoms with Gasteiger partial charge in [-0.05, 0) is 61.7 Å². The van der Waals surface area contributed by atoms with E-state index < -0.39 is 12.1 Å². The summed E-state index contributed by atoms with van der Waals surface area (Å²) in [4.78, 5) is 34.4. The molecule has 10 heteroatoms. The maximum atomic E-state index is 12.6. The van der Waals surface area contributed by atoms with Gasteiger partial charge in [0.25, 0.3) is 0 Å². The molecule has 0 aliphatic carbocycles. The molecule has 0 radical (unpaired) electrons. The molecule has 176 valence electrons. The summed E-state index contributed by atoms with van der Waals surface area (Å²) < 4.78 is 6.33. The van der Waals surface area contributed by atoms with Gasteiger partial charge in [-0.3, -0.25) is 4.90 Å². The van der Waals surface area contributed by atoms with Gasteiger partial charge in [0.05, 0.1) is 23.5 Å². The van der Waals surface area contributed by atoms with Crippen molar-refractivity contribution in [2.75, 3.05) is 16.8 Å². The number of anilines is 2. The van der Waals surface area contributed by atoms with Crippen molar-refractivity contribution in [3.8, 4) is 0 Å². The quantitative estimate of drug-likeness (QED) is 0.370. The molecule has 2 N–H and O–H groups in total. The lowest BCUT2D eigenvalue weighted by Gasteiger charge is -2.23. The van der Waals surface area contributed by atoms with E-state index in [1.807, 2.05) is 50.2 Å². The zero-order valence-electron chi connectivity index (χ0n) is 18.5. The van der Waals surface area contributed by atoms with Gasteiger partial charge in [0.1, 0.15) is 17.6 Å². The molecule has 1 aliphatic heterocycles. The van der Waals surface area contributed by atoms with Crippen molar-refractivity contribution in [1.29, 1.82) is 0 Å². The Morgan fingerprint density at radius 2 is 2.06 bits per heavy atom. The second kappa shape index (κ2) is 9.99. The normalized spacial score (nSPS) is 16.3. The number of aromatic nitrogens is 2. The van der Waals surface area contributed by atoms with Crippen LogP contribution in [0.2, 0.25) is 5.15 Å². The molecule has 1 saturated heterocycles. The molecular weight excluding hydrogens is 524 g/mol. The molecular formula is C24H22BrClN4O4. The van der Waals surface area contributed by atoms with Crippen LogP contribution in [0.5, 0.6) is 0 Å². The minimum absolute atomic E-state index is 0.0928. The Morgan fingerprint density at radius 1 is 1.29 bits per heavy atom. The number of carbonyl (C=O) groups excluding carboxylic acids is 1. The molecule has 0 bridgehead atoms. The molecule has 0 spiro atoms. The van der Waals surface area contributed by atoms with Gasteiger partial charge in [-0.15, -0.1) is 0 Å². The summed E-state index contributed by atoms with van der Waals surface area (Å²) >= 11 is 9.42. The average molecular weight is 546 g/mol. The number of amides is 1. The number of aromatic carboxylic acids is 1. The fourth-order valence-electron chi connectivity index (χ4n) is 3.85. The summed E-state index contributed by atoms with van der Waals surface area (Å²) in [6.07, 6.45) is 0.154. The highest BCUT2D eigenvalue weighted by Crippen LogP contribution is 2.29. The Balaban J connectivity index is 1.62. The highest BCUT2D eigenvalue weighted by Gasteiger charge is 2.36. The summed E-state index contributed by atoms with van der Waals surface area (Å²) in [5, 5.41) is 12.7. The molecule has 3 heterocycles. The van der Waals surface area contributed by atoms with E-state index in [-0.39, 0.29) is 29.5 Å². The van der Waals surface area contributed by atoms with E-state index >= 15 is 0 Å². The minimum atomic E-state index is -1.19. The molecule has 8 nitrogen and oxygen atoms in total. The maximum absolute atomic E-state index is 12.6. The van der Waals surface area contributed by atoms with Gasteiger partial charge in [0, 0.05) is 4.47 Å². The van der Waals surface area contributed by atoms with E-state index in [4.69, 9.17) is 21.3 Å². The second-order valence-corrected chi connectivity index (χ2v) is 9.27. The summed E-state index contributed by atoms with van der Waals surface area (Å²) in [7, 11) is 0. The molecule has 0 saturated carbocycles. The number of hydrogen-bond donors (Lipinski definition) is 2. The predicted octanol–water partition coefficient (Wildman–Crippen LogP) is 5.64. The second-order valence-electron chi connectivity index (χ2n) is 8.03. The summed E-state index contributed by atoms with van der Waals surface area (Å²) in [6.45, 7) is 4.03. The van der Waals surface area contributed by atoms with Gasteiger partial charge >= 0.3 is 12.1 Å². The highest BCUT2D eigenvalue weighted by molar-refractivity contribution is 9.10. The maximum Gasteiger partial charge on any atom is 0.415 e. The van der Waals surface area contributed by atoms with Crippen molar-refractivity contribution in [3.63, 3.8) is 0 Å². The molecule has 1 amide bonds. The summed E-state index contributed by atoms with van der Waals surface area (Å²) in [6, 6.07) is 14.1. The number of hydrogen-bond acceptors (Lipinski definition) is 6. The fraction of sp³-hybridized carbons (Fsp3) is 0.250. The number of nitrogens with one attached hydrogen (secondary N) is 1. The lowest BCUT2D eigenvalue weighted by Crippen LogP contribution is -2.36. The Labute approximate surface area is 210 Å². The van der Waals surface area contributed by atoms with Gasteiger partial charge in [0.15, 0.2) is 5.69 Å². The number of pyridine rings is 2. The third kappa shape index (κ3) is 5.15. The van der Waals surface area contributed by atoms with Crippen LogP contribution in [0.15, 0.2) is 53.0 Å². The van der Waals surface area contributed by atoms with Crippen molar-refractivity contribution in [1.82, 2.24) is 9.97 Å². The van der Waals surface area contributed by atoms with Crippen molar-refractivity contribution in [2.45, 2.75) is 32.4 Å². The zero-order chi connectivity index (χ0) is 24.4. The van der Waals surface area contributed by atoms with E-state index in [1.54, 1.807) is 11.0 Å². The van der Waals surface area contributed by atoms with E-state index in [9.17, 15) is 14.7 Å². The molecule has 34 heavy (non-hydrogen) atoms. The predicted molar refractivity (Wildman–Crippen MR) is 133 cm³/mol. The number of halogens is 2. The van der Waals surface area contributed by atoms with E-state index in [0.29, 0.717) is 23.6 Å². The SMILES string of the molecule is Cc1cc([C@@H](C)Nc2ccc(Cl)nc2C(=O)O)nc(N2C(=O)OC[C@@H]2Cc2ccccc2Br)c1. The third-order valence-corrected chi connectivity index (χ3v) is 6.46. The van der Waals surface area contributed by atoms with Crippen molar-refractivity contribution in [3.05, 3.63) is 80.7 Å². The standard InChI is InChI=1S/C24H22BrClN4O4/c1-13-9-19(14(2)27-18-7-8-20(26)29-22(18)23(31)32)28-21(10-13)30-16(12-34-24(30)33)11-15-5-3-4-6-17(15)25/h3-10,14,16,27H,11-12H2,1-2H3,(H,31,32)/t14-,16+/m1/s1. The summed E-state index contributed by atoms with van der Waals surface area (Å²) in [5.41, 5.74) is 2.75. The van der Waals surface area contributed by atoms with Crippen molar-refractivity contribution < 1.29 is 19.4 Å². The van der Waals surface area contributed by atoms with Gasteiger partial charge in [-0.25, -0.2) is 19.6 Å². The Morgan fingerprint density at radius 3 is 2.79 bits per heavy atom. The van der Waals surface area contributed by atoms with Crippen LogP contribution in [0, 0.1) is 6.92 Å². The average Bonchev–Trinajstić information content (AvgIpc) is 3.15. The first-order valence-corrected chi connectivity index (χ1v) is 11.7. The van der Waals surface area contributed by atoms with Crippen molar-refractivity contribution >= 4 is 51.1 Å². The molecule has 2 atom stereocenters. The Hall–Kier alpha value is -3.17. The van der Waals surface area contributed by atoms with Crippen LogP contribution in [-0.2, 0) is 11.2 Å². The number of carbonyl (C=O) groups is 2. The smallest absolute Gasteiger partial charge is 0.415 e. The molecule has 1 aliphatic rings. The van der Waals surface area contributed by atoms with Crippen LogP contribution < -0.4 is 10.2 Å². The van der Waals surface area contributed by atoms with Crippen LogP contribution in [0.4, 0.5) is 16.3 Å². The zero-order valence-corrected chi connectivity index (χ0v) is 20.8. The largest absolute Gasteiger partial charge is 0.476 e. The summed E-state index contributed by atoms with van der Waals surface area (Å²) in [5.74, 6) is -0.708. The van der Waals surface area contributed by atoms with Gasteiger partial charge < -0.3 is 15.2 Å². The van der Waals surface area contributed by atoms with Crippen LogP contribution >= 0.6 is 27.5 Å². The highest BCUT2D eigenvalue weighted by atomic mass is 79.9. The van der Waals surface area contributed by atoms with Crippen LogP contribution in [0.1, 0.15) is 40.3 Å². The number of ether oxygens (including phenoxy) is 1. The number of aryl methyl sites for hydroxylation is 1. The molecule has 0 unspecified atom stereocenters. The number of carboxylic acids is 1. The number of nitrogens with zero attached hydrogens (tertiary/aromatic N) is 3. The third-order valence-electron chi connectivity index (χ3n) is 5.48. The van der Waals surface area contributed by atoms with E-state index in [1.165, 1.54) is 6.07 Å². The molecule has 1 fully saturated rings. The number of cyclic esters (lactones) is 1. The Kier molecular flexibility index (Phi) is 7.04. The monoisotopic (exact) mass is 544 g/mol.